The summed E-state index contributed by atoms with van der Waals surface area (Å²) in [6, 6.07) is 4.09. The van der Waals surface area contributed by atoms with Gasteiger partial charge in [-0.2, -0.15) is 4.31 Å². The Kier molecular flexibility index (Phi) is 5.73. The third-order valence-electron chi connectivity index (χ3n) is 7.23. The van der Waals surface area contributed by atoms with Gasteiger partial charge < -0.3 is 10.4 Å². The lowest BCUT2D eigenvalue weighted by atomic mass is 9.48. The normalized spacial score (nSPS) is 32.5. The van der Waals surface area contributed by atoms with Crippen molar-refractivity contribution in [1.82, 2.24) is 4.31 Å². The fourth-order valence-corrected chi connectivity index (χ4v) is 9.56. The molecule has 8 heteroatoms. The third kappa shape index (κ3) is 4.02. The van der Waals surface area contributed by atoms with Gasteiger partial charge in [0.2, 0.25) is 15.9 Å². The first-order valence-electron chi connectivity index (χ1n) is 10.9. The van der Waals surface area contributed by atoms with Crippen molar-refractivity contribution in [1.29, 1.82) is 0 Å². The summed E-state index contributed by atoms with van der Waals surface area (Å²) < 4.78 is 27.1. The Hall–Kier alpha value is -1.12. The molecule has 6 nitrogen and oxygen atoms in total. The molecule has 0 aromatic heterocycles. The minimum Gasteiger partial charge on any atom is -0.506 e. The second kappa shape index (κ2) is 7.78. The lowest BCUT2D eigenvalue weighted by Crippen LogP contribution is -2.53. The minimum atomic E-state index is -3.66. The Morgan fingerprint density at radius 1 is 1.20 bits per heavy atom. The van der Waals surface area contributed by atoms with E-state index in [4.69, 9.17) is 0 Å². The Morgan fingerprint density at radius 3 is 2.40 bits per heavy atom. The Morgan fingerprint density at radius 2 is 1.83 bits per heavy atom. The van der Waals surface area contributed by atoms with Crippen LogP contribution < -0.4 is 5.32 Å². The Bertz CT molecular complexity index is 930. The number of anilines is 1. The van der Waals surface area contributed by atoms with Crippen LogP contribution in [0.2, 0.25) is 0 Å². The van der Waals surface area contributed by atoms with E-state index in [2.05, 4.69) is 21.2 Å². The standard InChI is InChI=1S/C22H31BrN2O4S/c1-3-25(4-2)30(28,29)17-5-6-19(26)18(8-17)24-20(27)13-21-9-15-7-16(10-21)12-22(23,11-15)14-21/h5-6,8,15-16,26H,3-4,7,9-14H2,1-2H3,(H,24,27). The van der Waals surface area contributed by atoms with E-state index in [0.717, 1.165) is 19.3 Å². The average Bonchev–Trinajstić information content (AvgIpc) is 2.61. The monoisotopic (exact) mass is 498 g/mol. The van der Waals surface area contributed by atoms with Gasteiger partial charge in [0.15, 0.2) is 0 Å². The molecule has 30 heavy (non-hydrogen) atoms. The molecule has 2 N–H and O–H groups in total. The molecule has 1 amide bonds. The molecule has 1 aromatic rings. The van der Waals surface area contributed by atoms with E-state index in [1.165, 1.54) is 41.8 Å². The van der Waals surface area contributed by atoms with E-state index in [1.54, 1.807) is 13.8 Å². The summed E-state index contributed by atoms with van der Waals surface area (Å²) in [5, 5.41) is 13.0. The van der Waals surface area contributed by atoms with E-state index >= 15 is 0 Å². The van der Waals surface area contributed by atoms with Gasteiger partial charge in [-0.15, -0.1) is 0 Å². The number of nitrogens with zero attached hydrogens (tertiary/aromatic N) is 1. The number of hydrogen-bond donors (Lipinski definition) is 2. The van der Waals surface area contributed by atoms with Gasteiger partial charge in [0.1, 0.15) is 5.75 Å². The highest BCUT2D eigenvalue weighted by molar-refractivity contribution is 9.10. The quantitative estimate of drug-likeness (QED) is 0.428. The first-order valence-corrected chi connectivity index (χ1v) is 13.1. The zero-order valence-electron chi connectivity index (χ0n) is 17.7. The summed E-state index contributed by atoms with van der Waals surface area (Å²) in [7, 11) is -3.66. The van der Waals surface area contributed by atoms with E-state index in [1.807, 2.05) is 0 Å². The van der Waals surface area contributed by atoms with Crippen molar-refractivity contribution in [3.8, 4) is 5.75 Å². The van der Waals surface area contributed by atoms with Crippen LogP contribution >= 0.6 is 15.9 Å². The van der Waals surface area contributed by atoms with Crippen LogP contribution in [0.15, 0.2) is 23.1 Å². The van der Waals surface area contributed by atoms with E-state index < -0.39 is 10.0 Å². The van der Waals surface area contributed by atoms with Gasteiger partial charge in [0, 0.05) is 23.8 Å². The van der Waals surface area contributed by atoms with Gasteiger partial charge in [0.25, 0.3) is 0 Å². The molecule has 0 heterocycles. The molecule has 4 aliphatic carbocycles. The maximum Gasteiger partial charge on any atom is 0.243 e. The number of amides is 1. The number of hydrogen-bond acceptors (Lipinski definition) is 4. The van der Waals surface area contributed by atoms with Crippen LogP contribution in [0.1, 0.15) is 58.8 Å². The summed E-state index contributed by atoms with van der Waals surface area (Å²) in [6.07, 6.45) is 7.31. The van der Waals surface area contributed by atoms with Crippen molar-refractivity contribution in [2.75, 3.05) is 18.4 Å². The molecular formula is C22H31BrN2O4S. The number of benzene rings is 1. The van der Waals surface area contributed by atoms with Crippen molar-refractivity contribution in [3.05, 3.63) is 18.2 Å². The summed E-state index contributed by atoms with van der Waals surface area (Å²) in [4.78, 5) is 13.0. The Labute approximate surface area is 187 Å². The number of halogens is 1. The summed E-state index contributed by atoms with van der Waals surface area (Å²) in [5.74, 6) is 1.11. The van der Waals surface area contributed by atoms with Crippen LogP contribution in [0.3, 0.4) is 0 Å². The van der Waals surface area contributed by atoms with Crippen LogP contribution in [-0.2, 0) is 14.8 Å². The lowest BCUT2D eigenvalue weighted by molar-refractivity contribution is -0.123. The fourth-order valence-electron chi connectivity index (χ4n) is 6.57. The zero-order chi connectivity index (χ0) is 21.7. The third-order valence-corrected chi connectivity index (χ3v) is 10.2. The molecule has 1 aromatic carbocycles. The van der Waals surface area contributed by atoms with Crippen molar-refractivity contribution in [2.24, 2.45) is 17.3 Å². The molecule has 0 radical (unpaired) electrons. The summed E-state index contributed by atoms with van der Waals surface area (Å²) in [5.41, 5.74) is 0.171. The van der Waals surface area contributed by atoms with Gasteiger partial charge >= 0.3 is 0 Å². The van der Waals surface area contributed by atoms with Crippen LogP contribution in [0.4, 0.5) is 5.69 Å². The number of carbonyl (C=O) groups excluding carboxylic acids is 1. The van der Waals surface area contributed by atoms with Gasteiger partial charge in [-0.1, -0.05) is 29.8 Å². The molecule has 0 spiro atoms. The lowest BCUT2D eigenvalue weighted by Gasteiger charge is -2.60. The van der Waals surface area contributed by atoms with Crippen LogP contribution in [0.5, 0.6) is 5.75 Å². The number of nitrogens with one attached hydrogen (secondary N) is 1. The van der Waals surface area contributed by atoms with Crippen LogP contribution in [-0.4, -0.2) is 41.2 Å². The van der Waals surface area contributed by atoms with Crippen molar-refractivity contribution < 1.29 is 18.3 Å². The van der Waals surface area contributed by atoms with E-state index in [0.29, 0.717) is 31.3 Å². The smallest absolute Gasteiger partial charge is 0.243 e. The highest BCUT2D eigenvalue weighted by Gasteiger charge is 2.57. The first kappa shape index (κ1) is 22.1. The second-order valence-electron chi connectivity index (χ2n) is 9.61. The molecule has 166 valence electrons. The number of phenolic OH excluding ortho intramolecular Hbond substituents is 1. The number of phenols is 1. The molecule has 4 bridgehead atoms. The molecular weight excluding hydrogens is 468 g/mol. The number of rotatable bonds is 7. The topological polar surface area (TPSA) is 86.7 Å². The number of carbonyl (C=O) groups is 1. The molecule has 4 aliphatic rings. The van der Waals surface area contributed by atoms with Crippen molar-refractivity contribution >= 4 is 37.5 Å². The number of alkyl halides is 1. The molecule has 4 fully saturated rings. The molecule has 2 atom stereocenters. The maximum absolute atomic E-state index is 13.0. The second-order valence-corrected chi connectivity index (χ2v) is 13.2. The van der Waals surface area contributed by atoms with Gasteiger partial charge in [-0.3, -0.25) is 4.79 Å². The molecule has 0 saturated heterocycles. The van der Waals surface area contributed by atoms with Gasteiger partial charge in [0.05, 0.1) is 10.6 Å². The highest BCUT2D eigenvalue weighted by Crippen LogP contribution is 2.65. The van der Waals surface area contributed by atoms with Gasteiger partial charge in [-0.05, 0) is 74.0 Å². The van der Waals surface area contributed by atoms with Crippen LogP contribution in [0.25, 0.3) is 0 Å². The molecule has 0 aliphatic heterocycles. The molecule has 5 rings (SSSR count). The number of aromatic hydroxyl groups is 1. The van der Waals surface area contributed by atoms with Crippen molar-refractivity contribution in [2.45, 2.75) is 68.0 Å². The number of sulfonamides is 1. The van der Waals surface area contributed by atoms with Gasteiger partial charge in [-0.25, -0.2) is 8.42 Å². The SMILES string of the molecule is CCN(CC)S(=O)(=O)c1ccc(O)c(NC(=O)CC23CC4CC(CC(Br)(C4)C2)C3)c1. The molecule has 2 unspecified atom stereocenters. The van der Waals surface area contributed by atoms with E-state index in [9.17, 15) is 18.3 Å². The Balaban J connectivity index is 1.51. The summed E-state index contributed by atoms with van der Waals surface area (Å²) >= 11 is 3.98. The van der Waals surface area contributed by atoms with Crippen molar-refractivity contribution in [3.63, 3.8) is 0 Å². The largest absolute Gasteiger partial charge is 0.506 e. The summed E-state index contributed by atoms with van der Waals surface area (Å²) in [6.45, 7) is 4.29. The minimum absolute atomic E-state index is 0.0121. The van der Waals surface area contributed by atoms with E-state index in [-0.39, 0.29) is 32.0 Å². The maximum atomic E-state index is 13.0. The first-order chi connectivity index (χ1) is 14.1. The predicted octanol–water partition coefficient (Wildman–Crippen LogP) is 4.49. The molecule has 4 saturated carbocycles. The fraction of sp³-hybridized carbons (Fsp3) is 0.682. The average molecular weight is 499 g/mol. The zero-order valence-corrected chi connectivity index (χ0v) is 20.1. The highest BCUT2D eigenvalue weighted by atomic mass is 79.9. The predicted molar refractivity (Wildman–Crippen MR) is 120 cm³/mol. The van der Waals surface area contributed by atoms with Crippen LogP contribution in [0, 0.1) is 17.3 Å².